The smallest absolute Gasteiger partial charge is 0.322 e. The van der Waals surface area contributed by atoms with Crippen molar-refractivity contribution in [2.45, 2.75) is 31.3 Å². The van der Waals surface area contributed by atoms with Gasteiger partial charge in [0.2, 0.25) is 10.0 Å². The summed E-state index contributed by atoms with van der Waals surface area (Å²) in [5.41, 5.74) is 0. The number of benzene rings is 2. The first-order chi connectivity index (χ1) is 14.1. The van der Waals surface area contributed by atoms with Gasteiger partial charge in [-0.3, -0.25) is 4.57 Å². The molecule has 0 N–H and O–H groups in total. The molecule has 0 unspecified atom stereocenters. The van der Waals surface area contributed by atoms with E-state index in [1.807, 2.05) is 6.92 Å². The summed E-state index contributed by atoms with van der Waals surface area (Å²) in [6, 6.07) is 9.09. The molecule has 0 spiro atoms. The summed E-state index contributed by atoms with van der Waals surface area (Å²) in [6.07, 6.45) is 0. The number of ether oxygens (including phenoxy) is 1. The van der Waals surface area contributed by atoms with Crippen LogP contribution in [0.25, 0.3) is 0 Å². The minimum atomic E-state index is -3.88. The summed E-state index contributed by atoms with van der Waals surface area (Å²) in [6.45, 7) is 3.97. The first-order valence-corrected chi connectivity index (χ1v) is 11.1. The molecule has 2 aromatic carbocycles. The lowest BCUT2D eigenvalue weighted by atomic mass is 10.3. The second kappa shape index (κ2) is 8.89. The Morgan fingerprint density at radius 1 is 1.13 bits per heavy atom. The molecule has 0 bridgehead atoms. The van der Waals surface area contributed by atoms with Gasteiger partial charge >= 0.3 is 6.01 Å². The van der Waals surface area contributed by atoms with Gasteiger partial charge in [-0.25, -0.2) is 12.8 Å². The highest BCUT2D eigenvalue weighted by atomic mass is 35.5. The van der Waals surface area contributed by atoms with Crippen LogP contribution in [0.1, 0.15) is 25.7 Å². The van der Waals surface area contributed by atoms with Crippen LogP contribution >= 0.6 is 23.2 Å². The van der Waals surface area contributed by atoms with E-state index >= 15 is 0 Å². The van der Waals surface area contributed by atoms with Crippen LogP contribution in [0.5, 0.6) is 11.8 Å². The Balaban J connectivity index is 1.90. The molecule has 0 radical (unpaired) electrons. The summed E-state index contributed by atoms with van der Waals surface area (Å²) in [5, 5.41) is 8.55. The number of nitrogens with zero attached hydrogens (tertiary/aromatic N) is 4. The highest BCUT2D eigenvalue weighted by Gasteiger charge is 2.30. The van der Waals surface area contributed by atoms with Gasteiger partial charge < -0.3 is 4.74 Å². The van der Waals surface area contributed by atoms with E-state index in [9.17, 15) is 12.8 Å². The molecule has 0 saturated carbocycles. The monoisotopic (exact) mass is 472 g/mol. The standard InChI is InChI=1S/C19H19Cl2FN4O3S/c1-4-26-18(23-24-19(26)29-14-7-5-13(22)6-8-14)12(2)25(3)30(27,28)15-9-10-16(20)17(21)11-15/h5-12H,4H2,1-3H3/t12-/m1/s1. The van der Waals surface area contributed by atoms with E-state index in [1.165, 1.54) is 53.8 Å². The Morgan fingerprint density at radius 3 is 2.40 bits per heavy atom. The van der Waals surface area contributed by atoms with Crippen molar-refractivity contribution in [1.82, 2.24) is 19.1 Å². The van der Waals surface area contributed by atoms with E-state index in [0.29, 0.717) is 18.1 Å². The normalized spacial score (nSPS) is 12.9. The van der Waals surface area contributed by atoms with Gasteiger partial charge in [-0.2, -0.15) is 4.31 Å². The molecule has 160 valence electrons. The number of hydrogen-bond donors (Lipinski definition) is 0. The molecule has 0 aliphatic carbocycles. The third-order valence-corrected chi connectivity index (χ3v) is 7.23. The van der Waals surface area contributed by atoms with E-state index in [-0.39, 0.29) is 26.8 Å². The minimum Gasteiger partial charge on any atom is -0.424 e. The lowest BCUT2D eigenvalue weighted by Gasteiger charge is -2.24. The maximum atomic E-state index is 13.1. The summed E-state index contributed by atoms with van der Waals surface area (Å²) in [7, 11) is -2.44. The second-order valence-corrected chi connectivity index (χ2v) is 9.23. The molecule has 3 rings (SSSR count). The molecule has 0 amide bonds. The van der Waals surface area contributed by atoms with Gasteiger partial charge in [-0.15, -0.1) is 5.10 Å². The lowest BCUT2D eigenvalue weighted by Crippen LogP contribution is -2.31. The quantitative estimate of drug-likeness (QED) is 0.487. The van der Waals surface area contributed by atoms with Gasteiger partial charge in [0.1, 0.15) is 11.6 Å². The summed E-state index contributed by atoms with van der Waals surface area (Å²) < 4.78 is 47.7. The van der Waals surface area contributed by atoms with Crippen LogP contribution in [0.4, 0.5) is 4.39 Å². The van der Waals surface area contributed by atoms with E-state index in [0.717, 1.165) is 0 Å². The van der Waals surface area contributed by atoms with Crippen LogP contribution < -0.4 is 4.74 Å². The highest BCUT2D eigenvalue weighted by Crippen LogP contribution is 2.31. The van der Waals surface area contributed by atoms with Crippen LogP contribution in [-0.2, 0) is 16.6 Å². The zero-order valence-electron chi connectivity index (χ0n) is 16.4. The number of halogens is 3. The van der Waals surface area contributed by atoms with Crippen molar-refractivity contribution in [3.8, 4) is 11.8 Å². The third-order valence-electron chi connectivity index (χ3n) is 4.57. The number of hydrogen-bond acceptors (Lipinski definition) is 5. The Morgan fingerprint density at radius 2 is 1.80 bits per heavy atom. The molecule has 30 heavy (non-hydrogen) atoms. The Labute approximate surface area is 184 Å². The molecule has 1 heterocycles. The lowest BCUT2D eigenvalue weighted by molar-refractivity contribution is 0.362. The Hall–Kier alpha value is -2.20. The van der Waals surface area contributed by atoms with Crippen LogP contribution in [-0.4, -0.2) is 34.5 Å². The van der Waals surface area contributed by atoms with E-state index in [1.54, 1.807) is 11.5 Å². The second-order valence-electron chi connectivity index (χ2n) is 6.41. The molecule has 0 aliphatic heterocycles. The predicted octanol–water partition coefficient (Wildman–Crippen LogP) is 4.92. The fourth-order valence-electron chi connectivity index (χ4n) is 2.76. The van der Waals surface area contributed by atoms with Gasteiger partial charge in [0, 0.05) is 13.6 Å². The van der Waals surface area contributed by atoms with Crippen molar-refractivity contribution in [3.63, 3.8) is 0 Å². The van der Waals surface area contributed by atoms with Crippen molar-refractivity contribution < 1.29 is 17.5 Å². The van der Waals surface area contributed by atoms with Crippen LogP contribution in [0.2, 0.25) is 10.0 Å². The third kappa shape index (κ3) is 4.44. The fraction of sp³-hybridized carbons (Fsp3) is 0.263. The van der Waals surface area contributed by atoms with Crippen molar-refractivity contribution in [1.29, 1.82) is 0 Å². The molecule has 7 nitrogen and oxygen atoms in total. The topological polar surface area (TPSA) is 77.3 Å². The van der Waals surface area contributed by atoms with Crippen molar-refractivity contribution in [3.05, 3.63) is 64.2 Å². The predicted molar refractivity (Wildman–Crippen MR) is 112 cm³/mol. The summed E-state index contributed by atoms with van der Waals surface area (Å²) in [5.74, 6) is 0.387. The van der Waals surface area contributed by atoms with Gasteiger partial charge in [0.05, 0.1) is 21.0 Å². The molecular formula is C19H19Cl2FN4O3S. The first-order valence-electron chi connectivity index (χ1n) is 8.94. The Bertz CT molecular complexity index is 1150. The molecular weight excluding hydrogens is 454 g/mol. The molecule has 0 saturated heterocycles. The number of rotatable bonds is 7. The summed E-state index contributed by atoms with van der Waals surface area (Å²) in [4.78, 5) is 0.0107. The van der Waals surface area contributed by atoms with E-state index in [4.69, 9.17) is 27.9 Å². The average molecular weight is 473 g/mol. The van der Waals surface area contributed by atoms with Gasteiger partial charge in [-0.05, 0) is 56.3 Å². The molecule has 0 aliphatic rings. The van der Waals surface area contributed by atoms with Gasteiger partial charge in [0.15, 0.2) is 5.82 Å². The Kier molecular flexibility index (Phi) is 6.66. The number of aromatic nitrogens is 3. The van der Waals surface area contributed by atoms with Crippen LogP contribution in [0.15, 0.2) is 47.4 Å². The maximum Gasteiger partial charge on any atom is 0.322 e. The van der Waals surface area contributed by atoms with E-state index < -0.39 is 16.1 Å². The first kappa shape index (κ1) is 22.5. The zero-order chi connectivity index (χ0) is 22.1. The molecule has 11 heteroatoms. The van der Waals surface area contributed by atoms with Crippen molar-refractivity contribution in [2.75, 3.05) is 7.05 Å². The van der Waals surface area contributed by atoms with Crippen LogP contribution in [0, 0.1) is 5.82 Å². The molecule has 3 aromatic rings. The van der Waals surface area contributed by atoms with Crippen molar-refractivity contribution >= 4 is 33.2 Å². The number of sulfonamides is 1. The zero-order valence-corrected chi connectivity index (χ0v) is 18.7. The van der Waals surface area contributed by atoms with Crippen molar-refractivity contribution in [2.24, 2.45) is 0 Å². The van der Waals surface area contributed by atoms with E-state index in [2.05, 4.69) is 10.2 Å². The molecule has 1 aromatic heterocycles. The average Bonchev–Trinajstić information content (AvgIpc) is 3.12. The van der Waals surface area contributed by atoms with Crippen LogP contribution in [0.3, 0.4) is 0 Å². The maximum absolute atomic E-state index is 13.1. The fourth-order valence-corrected chi connectivity index (χ4v) is 4.48. The van der Waals surface area contributed by atoms with Gasteiger partial charge in [0.25, 0.3) is 0 Å². The van der Waals surface area contributed by atoms with Gasteiger partial charge in [-0.1, -0.05) is 28.3 Å². The summed E-state index contributed by atoms with van der Waals surface area (Å²) >= 11 is 11.9. The minimum absolute atomic E-state index is 0.0107. The molecule has 1 atom stereocenters. The SMILES string of the molecule is CCn1c(Oc2ccc(F)cc2)nnc1[C@@H](C)N(C)S(=O)(=O)c1ccc(Cl)c(Cl)c1. The highest BCUT2D eigenvalue weighted by molar-refractivity contribution is 7.89. The largest absolute Gasteiger partial charge is 0.424 e. The molecule has 0 fully saturated rings.